The number of carbonyl (C=O) groups is 2. The molecule has 0 heterocycles. The molecule has 0 saturated heterocycles. The molecule has 0 aliphatic rings. The Hall–Kier alpha value is -4.43. The van der Waals surface area contributed by atoms with Crippen LogP contribution in [0.3, 0.4) is 0 Å². The molecular formula is C37H43N3O4S. The minimum Gasteiger partial charge on any atom is -0.352 e. The van der Waals surface area contributed by atoms with Crippen LogP contribution in [0.15, 0.2) is 108 Å². The fourth-order valence-corrected chi connectivity index (χ4v) is 6.70. The predicted molar refractivity (Wildman–Crippen MR) is 180 cm³/mol. The molecule has 45 heavy (non-hydrogen) atoms. The van der Waals surface area contributed by atoms with Crippen molar-refractivity contribution in [2.75, 3.05) is 10.8 Å². The molecule has 0 saturated carbocycles. The van der Waals surface area contributed by atoms with Crippen molar-refractivity contribution in [3.05, 3.63) is 131 Å². The molecule has 0 fully saturated rings. The maximum absolute atomic E-state index is 14.6. The van der Waals surface area contributed by atoms with E-state index in [4.69, 9.17) is 0 Å². The van der Waals surface area contributed by atoms with Crippen molar-refractivity contribution >= 4 is 27.5 Å². The lowest BCUT2D eigenvalue weighted by Crippen LogP contribution is -2.54. The van der Waals surface area contributed by atoms with Crippen molar-refractivity contribution in [3.63, 3.8) is 0 Å². The number of amides is 2. The molecule has 236 valence electrons. The molecule has 2 atom stereocenters. The normalized spacial score (nSPS) is 12.6. The van der Waals surface area contributed by atoms with Crippen LogP contribution in [0.2, 0.25) is 0 Å². The zero-order valence-corrected chi connectivity index (χ0v) is 27.6. The van der Waals surface area contributed by atoms with E-state index in [-0.39, 0.29) is 29.8 Å². The van der Waals surface area contributed by atoms with Crippen LogP contribution in [-0.2, 0) is 32.6 Å². The maximum atomic E-state index is 14.6. The summed E-state index contributed by atoms with van der Waals surface area (Å²) in [6.45, 7) is 9.31. The Morgan fingerprint density at radius 2 is 1.38 bits per heavy atom. The second kappa shape index (κ2) is 15.0. The summed E-state index contributed by atoms with van der Waals surface area (Å²) in [5.74, 6) is -0.752. The fraction of sp³-hybridized carbons (Fsp3) is 0.297. The summed E-state index contributed by atoms with van der Waals surface area (Å²) in [5, 5.41) is 3.08. The van der Waals surface area contributed by atoms with E-state index in [1.54, 1.807) is 35.2 Å². The van der Waals surface area contributed by atoms with Crippen LogP contribution < -0.4 is 9.62 Å². The molecule has 0 spiro atoms. The number of nitrogens with zero attached hydrogens (tertiary/aromatic N) is 2. The highest BCUT2D eigenvalue weighted by Gasteiger charge is 2.35. The van der Waals surface area contributed by atoms with Gasteiger partial charge in [0.1, 0.15) is 12.6 Å². The summed E-state index contributed by atoms with van der Waals surface area (Å²) in [6, 6.07) is 29.9. The zero-order chi connectivity index (χ0) is 32.6. The average Bonchev–Trinajstić information content (AvgIpc) is 3.04. The number of nitrogens with one attached hydrogen (secondary N) is 1. The molecule has 7 nitrogen and oxygen atoms in total. The molecule has 0 unspecified atom stereocenters. The first kappa shape index (κ1) is 33.5. The Morgan fingerprint density at radius 3 is 2.02 bits per heavy atom. The first-order valence-electron chi connectivity index (χ1n) is 15.3. The largest absolute Gasteiger partial charge is 0.352 e. The van der Waals surface area contributed by atoms with Gasteiger partial charge in [0, 0.05) is 19.0 Å². The smallest absolute Gasteiger partial charge is 0.264 e. The van der Waals surface area contributed by atoms with E-state index < -0.39 is 28.5 Å². The third-order valence-corrected chi connectivity index (χ3v) is 10.1. The lowest BCUT2D eigenvalue weighted by molar-refractivity contribution is -0.140. The minimum atomic E-state index is -4.15. The number of aryl methyl sites for hydroxylation is 2. The lowest BCUT2D eigenvalue weighted by Gasteiger charge is -2.35. The summed E-state index contributed by atoms with van der Waals surface area (Å²) in [7, 11) is -4.15. The molecule has 0 aliphatic heterocycles. The van der Waals surface area contributed by atoms with Gasteiger partial charge < -0.3 is 10.2 Å². The summed E-state index contributed by atoms with van der Waals surface area (Å²) < 4.78 is 29.6. The SMILES string of the molecule is CC[C@@H](C)NC(=O)[C@H](Cc1ccccc1)N(Cc1ccccc1C)C(=O)CN(c1cccc(C)c1C)S(=O)(=O)c1ccccc1. The maximum Gasteiger partial charge on any atom is 0.264 e. The van der Waals surface area contributed by atoms with Gasteiger partial charge in [-0.2, -0.15) is 0 Å². The van der Waals surface area contributed by atoms with Crippen LogP contribution in [0.25, 0.3) is 0 Å². The zero-order valence-electron chi connectivity index (χ0n) is 26.7. The third-order valence-electron chi connectivity index (χ3n) is 8.33. The molecule has 4 rings (SSSR count). The topological polar surface area (TPSA) is 86.8 Å². The number of benzene rings is 4. The molecule has 0 aromatic heterocycles. The molecule has 8 heteroatoms. The first-order valence-corrected chi connectivity index (χ1v) is 16.8. The second-order valence-corrected chi connectivity index (χ2v) is 13.4. The number of hydrogen-bond donors (Lipinski definition) is 1. The lowest BCUT2D eigenvalue weighted by atomic mass is 10.0. The standard InChI is InChI=1S/C37H43N3O4S/c1-6-29(4)38-37(42)35(24-31-18-9-7-10-19-31)39(25-32-20-14-13-16-28(32)3)36(41)26-40(34-23-15-17-27(2)30(34)5)45(43,44)33-21-11-8-12-22-33/h7-23,29,35H,6,24-26H2,1-5H3,(H,38,42)/t29-,35+/m1/s1. The van der Waals surface area contributed by atoms with Crippen LogP contribution >= 0.6 is 0 Å². The Kier molecular flexibility index (Phi) is 11.2. The summed E-state index contributed by atoms with van der Waals surface area (Å²) >= 11 is 0. The van der Waals surface area contributed by atoms with E-state index in [1.807, 2.05) is 95.3 Å². The predicted octanol–water partition coefficient (Wildman–Crippen LogP) is 6.36. The number of sulfonamides is 1. The van der Waals surface area contributed by atoms with E-state index in [0.29, 0.717) is 5.69 Å². The van der Waals surface area contributed by atoms with Crippen molar-refractivity contribution in [2.45, 2.75) is 71.0 Å². The van der Waals surface area contributed by atoms with E-state index in [9.17, 15) is 18.0 Å². The van der Waals surface area contributed by atoms with Gasteiger partial charge in [-0.3, -0.25) is 13.9 Å². The highest BCUT2D eigenvalue weighted by Crippen LogP contribution is 2.29. The van der Waals surface area contributed by atoms with Crippen LogP contribution in [0.5, 0.6) is 0 Å². The summed E-state index contributed by atoms with van der Waals surface area (Å²) in [5.41, 5.74) is 4.83. The van der Waals surface area contributed by atoms with Gasteiger partial charge in [0.25, 0.3) is 10.0 Å². The van der Waals surface area contributed by atoms with Gasteiger partial charge in [-0.1, -0.05) is 91.9 Å². The molecule has 2 amide bonds. The van der Waals surface area contributed by atoms with E-state index in [2.05, 4.69) is 5.32 Å². The van der Waals surface area contributed by atoms with E-state index in [1.165, 1.54) is 16.4 Å². The van der Waals surface area contributed by atoms with Gasteiger partial charge in [-0.25, -0.2) is 8.42 Å². The molecular weight excluding hydrogens is 582 g/mol. The van der Waals surface area contributed by atoms with Crippen molar-refractivity contribution < 1.29 is 18.0 Å². The Morgan fingerprint density at radius 1 is 0.778 bits per heavy atom. The molecule has 0 bridgehead atoms. The van der Waals surface area contributed by atoms with Gasteiger partial charge >= 0.3 is 0 Å². The molecule has 0 radical (unpaired) electrons. The van der Waals surface area contributed by atoms with E-state index in [0.717, 1.165) is 34.2 Å². The van der Waals surface area contributed by atoms with Crippen LogP contribution in [0.1, 0.15) is 48.1 Å². The van der Waals surface area contributed by atoms with Crippen LogP contribution in [-0.4, -0.2) is 43.8 Å². The molecule has 4 aromatic carbocycles. The quantitative estimate of drug-likeness (QED) is 0.187. The number of hydrogen-bond acceptors (Lipinski definition) is 4. The Balaban J connectivity index is 1.84. The van der Waals surface area contributed by atoms with Gasteiger partial charge in [-0.05, 0) is 80.1 Å². The number of carbonyl (C=O) groups excluding carboxylic acids is 2. The first-order chi connectivity index (χ1) is 21.5. The number of anilines is 1. The molecule has 0 aliphatic carbocycles. The van der Waals surface area contributed by atoms with Crippen molar-refractivity contribution in [1.82, 2.24) is 10.2 Å². The van der Waals surface area contributed by atoms with Crippen molar-refractivity contribution in [2.24, 2.45) is 0 Å². The van der Waals surface area contributed by atoms with Crippen LogP contribution in [0, 0.1) is 20.8 Å². The average molecular weight is 626 g/mol. The van der Waals surface area contributed by atoms with E-state index >= 15 is 0 Å². The van der Waals surface area contributed by atoms with Crippen LogP contribution in [0.4, 0.5) is 5.69 Å². The highest BCUT2D eigenvalue weighted by atomic mass is 32.2. The van der Waals surface area contributed by atoms with Crippen molar-refractivity contribution in [3.8, 4) is 0 Å². The molecule has 4 aromatic rings. The third kappa shape index (κ3) is 8.19. The van der Waals surface area contributed by atoms with Gasteiger partial charge in [-0.15, -0.1) is 0 Å². The monoisotopic (exact) mass is 625 g/mol. The van der Waals surface area contributed by atoms with Crippen molar-refractivity contribution in [1.29, 1.82) is 0 Å². The Bertz CT molecular complexity index is 1710. The van der Waals surface area contributed by atoms with Gasteiger partial charge in [0.2, 0.25) is 11.8 Å². The number of rotatable bonds is 13. The molecule has 1 N–H and O–H groups in total. The minimum absolute atomic E-state index is 0.0829. The van der Waals surface area contributed by atoms with Gasteiger partial charge in [0.05, 0.1) is 10.6 Å². The summed E-state index contributed by atoms with van der Waals surface area (Å²) in [6.07, 6.45) is 1.00. The Labute approximate surface area is 268 Å². The summed E-state index contributed by atoms with van der Waals surface area (Å²) in [4.78, 5) is 30.3. The highest BCUT2D eigenvalue weighted by molar-refractivity contribution is 7.92. The second-order valence-electron chi connectivity index (χ2n) is 11.5. The van der Waals surface area contributed by atoms with Gasteiger partial charge in [0.15, 0.2) is 0 Å². The fourth-order valence-electron chi connectivity index (χ4n) is 5.20.